The number of halogens is 4. The van der Waals surface area contributed by atoms with Gasteiger partial charge in [0, 0.05) is 22.4 Å². The Labute approximate surface area is 135 Å². The molecule has 2 nitrogen and oxygen atoms in total. The molecule has 0 saturated carbocycles. The van der Waals surface area contributed by atoms with Gasteiger partial charge in [0.15, 0.2) is 6.04 Å². The summed E-state index contributed by atoms with van der Waals surface area (Å²) in [5, 5.41) is 0. The van der Waals surface area contributed by atoms with Gasteiger partial charge in [-0.1, -0.05) is 28.1 Å². The van der Waals surface area contributed by atoms with Crippen LogP contribution >= 0.6 is 15.9 Å². The van der Waals surface area contributed by atoms with Crippen LogP contribution in [0.2, 0.25) is 0 Å². The molecule has 0 aromatic heterocycles. The van der Waals surface area contributed by atoms with Gasteiger partial charge in [0.05, 0.1) is 0 Å². The smallest absolute Gasteiger partial charge is 0.412 e. The van der Waals surface area contributed by atoms with Crippen LogP contribution < -0.4 is 0 Å². The number of nitrogens with zero attached hydrogens (tertiary/aromatic N) is 1. The summed E-state index contributed by atoms with van der Waals surface area (Å²) in [6.45, 7) is 6.63. The lowest BCUT2D eigenvalue weighted by atomic mass is 10.1. The Morgan fingerprint density at radius 2 is 1.67 bits per heavy atom. The SMILES string of the molecule is CCN([C@@H](c1ccc(Br)cc1)C(F)(F)F)[S@+]([O-])C(C)(C)C. The average molecular weight is 386 g/mol. The van der Waals surface area contributed by atoms with Crippen LogP contribution in [0.3, 0.4) is 0 Å². The van der Waals surface area contributed by atoms with Crippen molar-refractivity contribution in [2.24, 2.45) is 0 Å². The molecule has 0 aliphatic heterocycles. The Hall–Kier alpha value is -0.240. The molecule has 7 heteroatoms. The highest BCUT2D eigenvalue weighted by Gasteiger charge is 2.51. The first-order valence-corrected chi connectivity index (χ1v) is 8.39. The summed E-state index contributed by atoms with van der Waals surface area (Å²) in [5.74, 6) is 0. The van der Waals surface area contributed by atoms with Crippen LogP contribution in [-0.2, 0) is 11.4 Å². The third-order valence-corrected chi connectivity index (χ3v) is 5.30. The van der Waals surface area contributed by atoms with Crippen molar-refractivity contribution in [1.82, 2.24) is 4.31 Å². The monoisotopic (exact) mass is 385 g/mol. The fraction of sp³-hybridized carbons (Fsp3) is 0.571. The van der Waals surface area contributed by atoms with Gasteiger partial charge in [0.1, 0.15) is 4.75 Å². The van der Waals surface area contributed by atoms with E-state index in [1.165, 1.54) is 12.1 Å². The Balaban J connectivity index is 3.27. The highest BCUT2D eigenvalue weighted by Crippen LogP contribution is 2.41. The molecule has 1 rings (SSSR count). The van der Waals surface area contributed by atoms with Crippen LogP contribution in [0.25, 0.3) is 0 Å². The van der Waals surface area contributed by atoms with Crippen molar-refractivity contribution in [1.29, 1.82) is 0 Å². The Morgan fingerprint density at radius 3 is 2.00 bits per heavy atom. The first kappa shape index (κ1) is 18.8. The van der Waals surface area contributed by atoms with Gasteiger partial charge < -0.3 is 4.55 Å². The van der Waals surface area contributed by atoms with Crippen molar-refractivity contribution in [3.63, 3.8) is 0 Å². The molecule has 0 fully saturated rings. The summed E-state index contributed by atoms with van der Waals surface area (Å²) >= 11 is 1.45. The number of rotatable bonds is 4. The second-order valence-corrected chi connectivity index (χ2v) is 8.70. The van der Waals surface area contributed by atoms with E-state index in [4.69, 9.17) is 0 Å². The highest BCUT2D eigenvalue weighted by molar-refractivity contribution is 9.10. The quantitative estimate of drug-likeness (QED) is 0.693. The molecule has 0 aliphatic rings. The van der Waals surface area contributed by atoms with Gasteiger partial charge in [-0.05, 0) is 45.4 Å². The van der Waals surface area contributed by atoms with Crippen molar-refractivity contribution < 1.29 is 17.7 Å². The van der Waals surface area contributed by atoms with Crippen LogP contribution in [0.1, 0.15) is 39.3 Å². The molecule has 1 aromatic carbocycles. The molecule has 0 unspecified atom stereocenters. The molecule has 0 N–H and O–H groups in total. The number of hydrogen-bond acceptors (Lipinski definition) is 2. The third-order valence-electron chi connectivity index (χ3n) is 2.83. The van der Waals surface area contributed by atoms with Crippen LogP contribution in [0, 0.1) is 0 Å². The molecule has 0 spiro atoms. The van der Waals surface area contributed by atoms with Crippen molar-refractivity contribution in [3.8, 4) is 0 Å². The zero-order chi connectivity index (χ0) is 16.4. The van der Waals surface area contributed by atoms with Crippen LogP contribution in [0.15, 0.2) is 28.7 Å². The average Bonchev–Trinajstić information content (AvgIpc) is 2.34. The van der Waals surface area contributed by atoms with E-state index in [2.05, 4.69) is 15.9 Å². The van der Waals surface area contributed by atoms with Crippen molar-refractivity contribution in [2.75, 3.05) is 6.54 Å². The fourth-order valence-electron chi connectivity index (χ4n) is 1.91. The second-order valence-electron chi connectivity index (χ2n) is 5.59. The van der Waals surface area contributed by atoms with Crippen molar-refractivity contribution in [2.45, 2.75) is 44.7 Å². The minimum Gasteiger partial charge on any atom is -0.597 e. The standard InChI is InChI=1S/C14H19BrF3NOS/c1-5-19(21(20)13(2,3)4)12(14(16,17)18)10-6-8-11(15)9-7-10/h6-9,12H,5H2,1-4H3/t12-,21+/m0/s1. The molecule has 21 heavy (non-hydrogen) atoms. The van der Waals surface area contributed by atoms with E-state index in [1.54, 1.807) is 39.8 Å². The molecule has 0 amide bonds. The van der Waals surface area contributed by atoms with Gasteiger partial charge in [0.25, 0.3) is 0 Å². The lowest BCUT2D eigenvalue weighted by molar-refractivity contribution is -0.173. The zero-order valence-electron chi connectivity index (χ0n) is 12.4. The van der Waals surface area contributed by atoms with Gasteiger partial charge >= 0.3 is 6.18 Å². The summed E-state index contributed by atoms with van der Waals surface area (Å²) in [4.78, 5) is 0. The number of hydrogen-bond donors (Lipinski definition) is 0. The van der Waals surface area contributed by atoms with Gasteiger partial charge in [-0.25, -0.2) is 0 Å². The summed E-state index contributed by atoms with van der Waals surface area (Å²) in [6, 6.07) is 4.05. The lowest BCUT2D eigenvalue weighted by Gasteiger charge is -2.37. The van der Waals surface area contributed by atoms with E-state index in [1.807, 2.05) is 0 Å². The van der Waals surface area contributed by atoms with E-state index in [9.17, 15) is 17.7 Å². The second kappa shape index (κ2) is 6.89. The predicted molar refractivity (Wildman–Crippen MR) is 83.2 cm³/mol. The van der Waals surface area contributed by atoms with Crippen LogP contribution in [0.5, 0.6) is 0 Å². The van der Waals surface area contributed by atoms with E-state index >= 15 is 0 Å². The molecular weight excluding hydrogens is 367 g/mol. The molecule has 120 valence electrons. The van der Waals surface area contributed by atoms with Crippen molar-refractivity contribution in [3.05, 3.63) is 34.3 Å². The van der Waals surface area contributed by atoms with Gasteiger partial charge in [-0.3, -0.25) is 0 Å². The molecule has 0 aliphatic carbocycles. The molecular formula is C14H19BrF3NOS. The molecule has 0 bridgehead atoms. The molecule has 0 saturated heterocycles. The number of alkyl halides is 3. The molecule has 0 heterocycles. The Kier molecular flexibility index (Phi) is 6.17. The van der Waals surface area contributed by atoms with E-state index in [0.29, 0.717) is 4.47 Å². The maximum Gasteiger partial charge on any atom is 0.412 e. The van der Waals surface area contributed by atoms with E-state index < -0.39 is 28.3 Å². The maximum atomic E-state index is 13.5. The largest absolute Gasteiger partial charge is 0.597 e. The number of benzene rings is 1. The van der Waals surface area contributed by atoms with E-state index in [0.717, 1.165) is 4.31 Å². The Bertz CT molecular complexity index is 459. The highest BCUT2D eigenvalue weighted by atomic mass is 79.9. The van der Waals surface area contributed by atoms with Crippen molar-refractivity contribution >= 4 is 27.3 Å². The van der Waals surface area contributed by atoms with Gasteiger partial charge in [0.2, 0.25) is 0 Å². The summed E-state index contributed by atoms with van der Waals surface area (Å²) < 4.78 is 53.9. The van der Waals surface area contributed by atoms with E-state index in [-0.39, 0.29) is 12.1 Å². The zero-order valence-corrected chi connectivity index (χ0v) is 14.8. The lowest BCUT2D eigenvalue weighted by Crippen LogP contribution is -2.48. The summed E-state index contributed by atoms with van der Waals surface area (Å²) in [7, 11) is 0. The molecule has 0 radical (unpaired) electrons. The summed E-state index contributed by atoms with van der Waals surface area (Å²) in [5.41, 5.74) is 0.0881. The Morgan fingerprint density at radius 1 is 1.19 bits per heavy atom. The topological polar surface area (TPSA) is 26.3 Å². The van der Waals surface area contributed by atoms with Gasteiger partial charge in [-0.15, -0.1) is 4.31 Å². The van der Waals surface area contributed by atoms with Gasteiger partial charge in [-0.2, -0.15) is 13.2 Å². The minimum atomic E-state index is -4.50. The summed E-state index contributed by atoms with van der Waals surface area (Å²) in [6.07, 6.45) is -4.50. The minimum absolute atomic E-state index is 0.0458. The van der Waals surface area contributed by atoms with Crippen LogP contribution in [0.4, 0.5) is 13.2 Å². The fourth-order valence-corrected chi connectivity index (χ4v) is 3.55. The predicted octanol–water partition coefficient (Wildman–Crippen LogP) is 4.84. The third kappa shape index (κ3) is 4.87. The molecule has 2 atom stereocenters. The maximum absolute atomic E-state index is 13.5. The molecule has 1 aromatic rings. The van der Waals surface area contributed by atoms with Crippen LogP contribution in [-0.4, -0.2) is 26.3 Å². The normalized spacial score (nSPS) is 16.1. The first-order chi connectivity index (χ1) is 9.48. The first-order valence-electron chi connectivity index (χ1n) is 6.49.